The second-order valence-corrected chi connectivity index (χ2v) is 7.70. The van der Waals surface area contributed by atoms with E-state index in [0.717, 1.165) is 12.8 Å². The van der Waals surface area contributed by atoms with Gasteiger partial charge in [0.1, 0.15) is 5.01 Å². The molecular formula is C17H30N2S. The minimum atomic E-state index is -0.164. The molecule has 0 saturated heterocycles. The molecule has 114 valence electrons. The summed E-state index contributed by atoms with van der Waals surface area (Å²) >= 11 is 1.82. The second kappa shape index (κ2) is 7.56. The number of thiazole rings is 1. The highest BCUT2D eigenvalue weighted by molar-refractivity contribution is 7.11. The van der Waals surface area contributed by atoms with E-state index >= 15 is 0 Å². The fourth-order valence-electron chi connectivity index (χ4n) is 3.14. The Morgan fingerprint density at radius 1 is 0.850 bits per heavy atom. The monoisotopic (exact) mass is 294 g/mol. The quantitative estimate of drug-likeness (QED) is 0.771. The Morgan fingerprint density at radius 2 is 1.30 bits per heavy atom. The molecule has 1 aliphatic rings. The van der Waals surface area contributed by atoms with Crippen molar-refractivity contribution in [2.75, 3.05) is 0 Å². The molecule has 0 bridgehead atoms. The Labute approximate surface area is 128 Å². The van der Waals surface area contributed by atoms with Crippen LogP contribution in [0.1, 0.15) is 86.2 Å². The van der Waals surface area contributed by atoms with Gasteiger partial charge in [-0.05, 0) is 26.7 Å². The third-order valence-corrected chi connectivity index (χ3v) is 5.99. The maximum Gasteiger partial charge on any atom is 0.113 e. The molecule has 3 heteroatoms. The van der Waals surface area contributed by atoms with Gasteiger partial charge in [0.25, 0.3) is 0 Å². The Balaban J connectivity index is 2.06. The first-order valence-corrected chi connectivity index (χ1v) is 9.17. The predicted molar refractivity (Wildman–Crippen MR) is 88.2 cm³/mol. The fraction of sp³-hybridized carbons (Fsp3) is 0.824. The van der Waals surface area contributed by atoms with E-state index in [2.05, 4.69) is 13.8 Å². The summed E-state index contributed by atoms with van der Waals surface area (Å²) in [6.45, 7) is 4.27. The normalized spacial score (nSPS) is 21.9. The summed E-state index contributed by atoms with van der Waals surface area (Å²) in [5, 5.41) is 1.18. The van der Waals surface area contributed by atoms with Gasteiger partial charge in [0.2, 0.25) is 0 Å². The Bertz CT molecular complexity index is 380. The smallest absolute Gasteiger partial charge is 0.113 e. The number of hydrogen-bond donors (Lipinski definition) is 1. The van der Waals surface area contributed by atoms with E-state index in [0.29, 0.717) is 0 Å². The zero-order valence-corrected chi connectivity index (χ0v) is 14.0. The standard InChI is InChI=1S/C17H30N2S/c1-14-15(2)20-16(19-14)17(18)12-10-8-6-4-3-5-7-9-11-13-17/h3-13,18H2,1-2H3. The van der Waals surface area contributed by atoms with Crippen molar-refractivity contribution in [2.24, 2.45) is 5.73 Å². The van der Waals surface area contributed by atoms with Crippen LogP contribution >= 0.6 is 11.3 Å². The highest BCUT2D eigenvalue weighted by Gasteiger charge is 2.30. The van der Waals surface area contributed by atoms with Gasteiger partial charge < -0.3 is 5.73 Å². The first-order chi connectivity index (χ1) is 9.62. The van der Waals surface area contributed by atoms with E-state index in [-0.39, 0.29) is 5.54 Å². The van der Waals surface area contributed by atoms with Crippen LogP contribution in [0.25, 0.3) is 0 Å². The topological polar surface area (TPSA) is 38.9 Å². The molecule has 0 aromatic carbocycles. The molecule has 2 N–H and O–H groups in total. The van der Waals surface area contributed by atoms with Crippen LogP contribution in [0, 0.1) is 13.8 Å². The summed E-state index contributed by atoms with van der Waals surface area (Å²) in [7, 11) is 0. The molecule has 1 heterocycles. The summed E-state index contributed by atoms with van der Waals surface area (Å²) in [5.41, 5.74) is 7.79. The van der Waals surface area contributed by atoms with Crippen molar-refractivity contribution in [1.29, 1.82) is 0 Å². The van der Waals surface area contributed by atoms with Crippen LogP contribution in [0.2, 0.25) is 0 Å². The summed E-state index contributed by atoms with van der Waals surface area (Å²) in [4.78, 5) is 6.10. The lowest BCUT2D eigenvalue weighted by molar-refractivity contribution is 0.337. The maximum atomic E-state index is 6.79. The summed E-state index contributed by atoms with van der Waals surface area (Å²) in [5.74, 6) is 0. The molecule has 1 aliphatic carbocycles. The molecule has 1 aromatic rings. The minimum Gasteiger partial charge on any atom is -0.319 e. The van der Waals surface area contributed by atoms with Gasteiger partial charge >= 0.3 is 0 Å². The van der Waals surface area contributed by atoms with E-state index in [4.69, 9.17) is 10.7 Å². The minimum absolute atomic E-state index is 0.164. The third kappa shape index (κ3) is 4.29. The number of aromatic nitrogens is 1. The van der Waals surface area contributed by atoms with Gasteiger partial charge in [0.15, 0.2) is 0 Å². The summed E-state index contributed by atoms with van der Waals surface area (Å²) in [6.07, 6.45) is 14.4. The lowest BCUT2D eigenvalue weighted by Gasteiger charge is -2.28. The van der Waals surface area contributed by atoms with Crippen LogP contribution in [-0.2, 0) is 5.54 Å². The third-order valence-electron chi connectivity index (χ3n) is 4.70. The van der Waals surface area contributed by atoms with Crippen molar-refractivity contribution in [3.05, 3.63) is 15.6 Å². The molecule has 20 heavy (non-hydrogen) atoms. The highest BCUT2D eigenvalue weighted by Crippen LogP contribution is 2.35. The molecule has 0 radical (unpaired) electrons. The van der Waals surface area contributed by atoms with Crippen molar-refractivity contribution in [2.45, 2.75) is 90.0 Å². The summed E-state index contributed by atoms with van der Waals surface area (Å²) < 4.78 is 0. The van der Waals surface area contributed by atoms with Crippen LogP contribution in [0.4, 0.5) is 0 Å². The average molecular weight is 295 g/mol. The number of nitrogens with two attached hydrogens (primary N) is 1. The molecule has 0 unspecified atom stereocenters. The lowest BCUT2D eigenvalue weighted by atomic mass is 9.87. The second-order valence-electron chi connectivity index (χ2n) is 6.50. The first kappa shape index (κ1) is 16.0. The predicted octanol–water partition coefficient (Wildman–Crippen LogP) is 5.22. The van der Waals surface area contributed by atoms with Gasteiger partial charge in [-0.1, -0.05) is 57.8 Å². The number of rotatable bonds is 1. The Kier molecular flexibility index (Phi) is 6.03. The highest BCUT2D eigenvalue weighted by atomic mass is 32.1. The van der Waals surface area contributed by atoms with Crippen molar-refractivity contribution in [3.8, 4) is 0 Å². The van der Waals surface area contributed by atoms with Gasteiger partial charge in [0.05, 0.1) is 11.2 Å². The fourth-order valence-corrected chi connectivity index (χ4v) is 4.22. The molecule has 0 spiro atoms. The average Bonchev–Trinajstić information content (AvgIpc) is 2.75. The number of nitrogens with zero attached hydrogens (tertiary/aromatic N) is 1. The molecule has 2 rings (SSSR count). The van der Waals surface area contributed by atoms with Gasteiger partial charge in [-0.25, -0.2) is 4.98 Å². The molecule has 2 nitrogen and oxygen atoms in total. The summed E-state index contributed by atoms with van der Waals surface area (Å²) in [6, 6.07) is 0. The maximum absolute atomic E-state index is 6.79. The molecule has 1 aromatic heterocycles. The zero-order chi connectivity index (χ0) is 14.4. The molecule has 0 aliphatic heterocycles. The van der Waals surface area contributed by atoms with E-state index < -0.39 is 0 Å². The van der Waals surface area contributed by atoms with Crippen LogP contribution in [0.15, 0.2) is 0 Å². The molecule has 1 fully saturated rings. The Morgan fingerprint density at radius 3 is 1.70 bits per heavy atom. The number of hydrogen-bond acceptors (Lipinski definition) is 3. The van der Waals surface area contributed by atoms with E-state index in [1.807, 2.05) is 11.3 Å². The van der Waals surface area contributed by atoms with E-state index in [1.165, 1.54) is 73.4 Å². The van der Waals surface area contributed by atoms with Crippen molar-refractivity contribution < 1.29 is 0 Å². The number of aryl methyl sites for hydroxylation is 2. The van der Waals surface area contributed by atoms with E-state index in [9.17, 15) is 0 Å². The van der Waals surface area contributed by atoms with E-state index in [1.54, 1.807) is 0 Å². The molecule has 1 saturated carbocycles. The SMILES string of the molecule is Cc1nc(C2(N)CCCCCCCCCCC2)sc1C. The Hall–Kier alpha value is -0.410. The molecular weight excluding hydrogens is 264 g/mol. The van der Waals surface area contributed by atoms with Crippen LogP contribution in [0.3, 0.4) is 0 Å². The van der Waals surface area contributed by atoms with Gasteiger partial charge in [0, 0.05) is 4.88 Å². The molecule has 0 atom stereocenters. The van der Waals surface area contributed by atoms with Gasteiger partial charge in [-0.2, -0.15) is 0 Å². The zero-order valence-electron chi connectivity index (χ0n) is 13.2. The first-order valence-electron chi connectivity index (χ1n) is 8.35. The van der Waals surface area contributed by atoms with Crippen LogP contribution in [-0.4, -0.2) is 4.98 Å². The largest absolute Gasteiger partial charge is 0.319 e. The van der Waals surface area contributed by atoms with Gasteiger partial charge in [-0.15, -0.1) is 11.3 Å². The van der Waals surface area contributed by atoms with Crippen LogP contribution in [0.5, 0.6) is 0 Å². The van der Waals surface area contributed by atoms with Crippen molar-refractivity contribution in [3.63, 3.8) is 0 Å². The lowest BCUT2D eigenvalue weighted by Crippen LogP contribution is -2.36. The molecule has 0 amide bonds. The van der Waals surface area contributed by atoms with Gasteiger partial charge in [-0.3, -0.25) is 0 Å². The van der Waals surface area contributed by atoms with Crippen molar-refractivity contribution in [1.82, 2.24) is 4.98 Å². The van der Waals surface area contributed by atoms with Crippen LogP contribution < -0.4 is 5.73 Å². The van der Waals surface area contributed by atoms with Crippen molar-refractivity contribution >= 4 is 11.3 Å².